The maximum Gasteiger partial charge on any atom is 0.317 e. The summed E-state index contributed by atoms with van der Waals surface area (Å²) in [6.07, 6.45) is 11.6. The van der Waals surface area contributed by atoms with Gasteiger partial charge in [0.05, 0.1) is 18.3 Å². The molecule has 0 spiro atoms. The van der Waals surface area contributed by atoms with Crippen LogP contribution in [0.15, 0.2) is 55.0 Å². The fourth-order valence-electron chi connectivity index (χ4n) is 6.15. The standard InChI is InChI=1S/C30H34N6O3/c31-28(37)21-5-9-23(10-6-21)39-18-19-2-1-15-36(17-19)30(38)35-22-7-3-20(4-8-22)24-11-13-32-26-16-34-29-25(27(24)26)12-14-33-29/h5-6,9-14,16,19-20,22H,1-4,7-8,15,17-18H2,(H2,31,37)(H,33,34)(H,35,38). The van der Waals surface area contributed by atoms with Crippen LogP contribution in [-0.2, 0) is 0 Å². The number of pyridine rings is 2. The number of nitrogens with one attached hydrogen (secondary N) is 2. The van der Waals surface area contributed by atoms with Gasteiger partial charge in [-0.1, -0.05) is 0 Å². The van der Waals surface area contributed by atoms with Crippen molar-refractivity contribution in [3.05, 3.63) is 66.1 Å². The Morgan fingerprint density at radius 2 is 1.87 bits per heavy atom. The van der Waals surface area contributed by atoms with Crippen molar-refractivity contribution in [2.45, 2.75) is 50.5 Å². The van der Waals surface area contributed by atoms with Gasteiger partial charge in [0.25, 0.3) is 0 Å². The van der Waals surface area contributed by atoms with Gasteiger partial charge in [-0.15, -0.1) is 0 Å². The summed E-state index contributed by atoms with van der Waals surface area (Å²) in [5, 5.41) is 5.63. The van der Waals surface area contributed by atoms with Crippen molar-refractivity contribution >= 4 is 33.9 Å². The van der Waals surface area contributed by atoms with E-state index in [-0.39, 0.29) is 18.0 Å². The van der Waals surface area contributed by atoms with Crippen LogP contribution in [-0.4, -0.2) is 57.5 Å². The predicted molar refractivity (Wildman–Crippen MR) is 150 cm³/mol. The molecule has 1 aliphatic carbocycles. The molecule has 39 heavy (non-hydrogen) atoms. The van der Waals surface area contributed by atoms with Crippen LogP contribution in [0.1, 0.15) is 60.4 Å². The first kappa shape index (κ1) is 25.2. The quantitative estimate of drug-likeness (QED) is 0.335. The third kappa shape index (κ3) is 5.39. The molecule has 1 unspecified atom stereocenters. The molecule has 1 aliphatic heterocycles. The summed E-state index contributed by atoms with van der Waals surface area (Å²) in [6.45, 7) is 1.99. The minimum atomic E-state index is -0.453. The van der Waals surface area contributed by atoms with Crippen LogP contribution in [0.2, 0.25) is 0 Å². The number of amides is 3. The van der Waals surface area contributed by atoms with E-state index in [0.717, 1.165) is 61.6 Å². The molecular formula is C30H34N6O3. The van der Waals surface area contributed by atoms with Crippen LogP contribution in [0, 0.1) is 5.92 Å². The van der Waals surface area contributed by atoms with E-state index >= 15 is 0 Å². The van der Waals surface area contributed by atoms with Crippen molar-refractivity contribution in [2.75, 3.05) is 19.7 Å². The minimum Gasteiger partial charge on any atom is -0.493 e. The molecule has 1 aromatic carbocycles. The van der Waals surface area contributed by atoms with E-state index in [0.29, 0.717) is 30.4 Å². The lowest BCUT2D eigenvalue weighted by molar-refractivity contribution is 0.1000. The topological polar surface area (TPSA) is 126 Å². The van der Waals surface area contributed by atoms with Gasteiger partial charge in [-0.25, -0.2) is 9.78 Å². The number of aromatic amines is 1. The minimum absolute atomic E-state index is 0.0310. The molecule has 1 saturated carbocycles. The Balaban J connectivity index is 1.02. The summed E-state index contributed by atoms with van der Waals surface area (Å²) in [5.74, 6) is 0.966. The summed E-state index contributed by atoms with van der Waals surface area (Å²) >= 11 is 0. The van der Waals surface area contributed by atoms with Gasteiger partial charge >= 0.3 is 6.03 Å². The Morgan fingerprint density at radius 3 is 2.67 bits per heavy atom. The molecule has 4 N–H and O–H groups in total. The Hall–Kier alpha value is -4.14. The number of carbonyl (C=O) groups excluding carboxylic acids is 2. The first-order valence-electron chi connectivity index (χ1n) is 13.8. The monoisotopic (exact) mass is 526 g/mol. The van der Waals surface area contributed by atoms with Crippen molar-refractivity contribution < 1.29 is 14.3 Å². The number of primary amides is 1. The van der Waals surface area contributed by atoms with Crippen LogP contribution >= 0.6 is 0 Å². The van der Waals surface area contributed by atoms with Gasteiger partial charge in [0.2, 0.25) is 5.91 Å². The third-order valence-corrected chi connectivity index (χ3v) is 8.25. The molecule has 202 valence electrons. The number of nitrogens with two attached hydrogens (primary N) is 1. The number of piperidine rings is 1. The SMILES string of the molecule is NC(=O)c1ccc(OCC2CCCN(C(=O)NC3CCC(c4ccnc5cnc6[nH]ccc6c45)CC3)C2)cc1. The number of aromatic nitrogens is 3. The van der Waals surface area contributed by atoms with Gasteiger partial charge in [0.1, 0.15) is 11.4 Å². The molecule has 9 nitrogen and oxygen atoms in total. The molecule has 1 saturated heterocycles. The number of rotatable bonds is 6. The van der Waals surface area contributed by atoms with Crippen LogP contribution in [0.25, 0.3) is 21.9 Å². The smallest absolute Gasteiger partial charge is 0.317 e. The summed E-state index contributed by atoms with van der Waals surface area (Å²) in [5.41, 5.74) is 8.92. The number of H-pyrrole nitrogens is 1. The van der Waals surface area contributed by atoms with Crippen LogP contribution < -0.4 is 15.8 Å². The average Bonchev–Trinajstić information content (AvgIpc) is 3.46. The van der Waals surface area contributed by atoms with Gasteiger partial charge in [0, 0.05) is 53.8 Å². The molecule has 0 bridgehead atoms. The molecule has 0 radical (unpaired) electrons. The zero-order valence-corrected chi connectivity index (χ0v) is 21.9. The summed E-state index contributed by atoms with van der Waals surface area (Å²) in [6, 6.07) is 11.3. The maximum absolute atomic E-state index is 13.1. The molecule has 1 atom stereocenters. The molecule has 2 fully saturated rings. The fourth-order valence-corrected chi connectivity index (χ4v) is 6.15. The molecule has 6 rings (SSSR count). The summed E-state index contributed by atoms with van der Waals surface area (Å²) in [4.78, 5) is 38.6. The van der Waals surface area contributed by atoms with Crippen LogP contribution in [0.3, 0.4) is 0 Å². The molecule has 3 amide bonds. The third-order valence-electron chi connectivity index (χ3n) is 8.25. The number of hydrogen-bond acceptors (Lipinski definition) is 5. The lowest BCUT2D eigenvalue weighted by Gasteiger charge is -2.35. The molecule has 9 heteroatoms. The number of likely N-dealkylation sites (tertiary alicyclic amines) is 1. The number of nitrogens with zero attached hydrogens (tertiary/aromatic N) is 3. The van der Waals surface area contributed by atoms with Gasteiger partial charge in [-0.05, 0) is 86.4 Å². The first-order chi connectivity index (χ1) is 19.0. The zero-order chi connectivity index (χ0) is 26.8. The van der Waals surface area contributed by atoms with Gasteiger partial charge < -0.3 is 25.7 Å². The highest BCUT2D eigenvalue weighted by atomic mass is 16.5. The lowest BCUT2D eigenvalue weighted by atomic mass is 9.80. The van der Waals surface area contributed by atoms with E-state index in [9.17, 15) is 9.59 Å². The second-order valence-electron chi connectivity index (χ2n) is 10.8. The van der Waals surface area contributed by atoms with E-state index in [1.807, 2.05) is 23.5 Å². The Morgan fingerprint density at radius 1 is 1.05 bits per heavy atom. The van der Waals surface area contributed by atoms with E-state index < -0.39 is 5.91 Å². The largest absolute Gasteiger partial charge is 0.493 e. The van der Waals surface area contributed by atoms with Crippen molar-refractivity contribution in [1.29, 1.82) is 0 Å². The van der Waals surface area contributed by atoms with Gasteiger partial charge in [0.15, 0.2) is 0 Å². The average molecular weight is 527 g/mol. The normalized spacial score (nSPS) is 21.6. The zero-order valence-electron chi connectivity index (χ0n) is 21.9. The highest BCUT2D eigenvalue weighted by Gasteiger charge is 2.29. The summed E-state index contributed by atoms with van der Waals surface area (Å²) in [7, 11) is 0. The van der Waals surface area contributed by atoms with Gasteiger partial charge in [-0.2, -0.15) is 0 Å². The van der Waals surface area contributed by atoms with Crippen molar-refractivity contribution in [3.63, 3.8) is 0 Å². The Kier molecular flexibility index (Phi) is 7.04. The summed E-state index contributed by atoms with van der Waals surface area (Å²) < 4.78 is 5.94. The van der Waals surface area contributed by atoms with Crippen LogP contribution in [0.4, 0.5) is 4.79 Å². The highest BCUT2D eigenvalue weighted by Crippen LogP contribution is 2.38. The second kappa shape index (κ2) is 10.9. The van der Waals surface area contributed by atoms with E-state index in [4.69, 9.17) is 10.5 Å². The molecular weight excluding hydrogens is 492 g/mol. The number of ether oxygens (including phenoxy) is 1. The maximum atomic E-state index is 13.1. The van der Waals surface area contributed by atoms with Crippen LogP contribution in [0.5, 0.6) is 5.75 Å². The number of benzene rings is 1. The van der Waals surface area contributed by atoms with E-state index in [2.05, 4.69) is 32.4 Å². The molecule has 4 aromatic rings. The molecule has 4 heterocycles. The van der Waals surface area contributed by atoms with Crippen molar-refractivity contribution in [1.82, 2.24) is 25.2 Å². The van der Waals surface area contributed by atoms with Crippen molar-refractivity contribution in [3.8, 4) is 5.75 Å². The molecule has 2 aliphatic rings. The number of urea groups is 1. The van der Waals surface area contributed by atoms with Gasteiger partial charge in [-0.3, -0.25) is 9.78 Å². The number of fused-ring (bicyclic) bond motifs is 3. The number of hydrogen-bond donors (Lipinski definition) is 3. The number of carbonyl (C=O) groups is 2. The molecule has 3 aromatic heterocycles. The van der Waals surface area contributed by atoms with Crippen molar-refractivity contribution in [2.24, 2.45) is 11.7 Å². The Labute approximate surface area is 227 Å². The van der Waals surface area contributed by atoms with E-state index in [1.54, 1.807) is 24.3 Å². The fraction of sp³-hybridized carbons (Fsp3) is 0.400. The highest BCUT2D eigenvalue weighted by molar-refractivity contribution is 6.05. The second-order valence-corrected chi connectivity index (χ2v) is 10.8. The predicted octanol–water partition coefficient (Wildman–Crippen LogP) is 4.74. The first-order valence-corrected chi connectivity index (χ1v) is 13.8. The lowest BCUT2D eigenvalue weighted by Crippen LogP contribution is -2.50. The van der Waals surface area contributed by atoms with E-state index in [1.165, 1.54) is 10.9 Å². The Bertz CT molecular complexity index is 1480.